The average Bonchev–Trinajstić information content (AvgIpc) is 2.66. The van der Waals surface area contributed by atoms with Crippen LogP contribution in [0.4, 0.5) is 5.13 Å². The summed E-state index contributed by atoms with van der Waals surface area (Å²) in [5.74, 6) is 0.363. The number of hydrogen-bond acceptors (Lipinski definition) is 4. The van der Waals surface area contributed by atoms with Gasteiger partial charge in [0.05, 0.1) is 0 Å². The first-order valence-electron chi connectivity index (χ1n) is 5.36. The van der Waals surface area contributed by atoms with Gasteiger partial charge in [0.1, 0.15) is 5.01 Å². The quantitative estimate of drug-likeness (QED) is 0.801. The van der Waals surface area contributed by atoms with Crippen molar-refractivity contribution in [1.82, 2.24) is 10.2 Å². The van der Waals surface area contributed by atoms with Gasteiger partial charge in [0.2, 0.25) is 11.0 Å². The highest BCUT2D eigenvalue weighted by Crippen LogP contribution is 2.17. The van der Waals surface area contributed by atoms with Crippen molar-refractivity contribution in [2.45, 2.75) is 33.1 Å². The van der Waals surface area contributed by atoms with Gasteiger partial charge < -0.3 is 5.32 Å². The lowest BCUT2D eigenvalue weighted by atomic mass is 10.1. The molecule has 1 aromatic heterocycles. The Morgan fingerprint density at radius 3 is 2.94 bits per heavy atom. The molecule has 1 atom stereocenters. The van der Waals surface area contributed by atoms with Gasteiger partial charge in [-0.2, -0.15) is 0 Å². The number of anilines is 1. The first kappa shape index (κ1) is 13.4. The predicted octanol–water partition coefficient (Wildman–Crippen LogP) is 2.69. The minimum Gasteiger partial charge on any atom is -0.300 e. The number of amides is 1. The predicted molar refractivity (Wildman–Crippen MR) is 67.0 cm³/mol. The Bertz CT molecular complexity index is 343. The minimum absolute atomic E-state index is 0.0418. The Morgan fingerprint density at radius 2 is 2.31 bits per heavy atom. The molecule has 0 aliphatic rings. The molecule has 16 heavy (non-hydrogen) atoms. The van der Waals surface area contributed by atoms with Crippen molar-refractivity contribution in [3.05, 3.63) is 5.01 Å². The van der Waals surface area contributed by atoms with Crippen molar-refractivity contribution >= 4 is 34.0 Å². The molecule has 0 bridgehead atoms. The summed E-state index contributed by atoms with van der Waals surface area (Å²) in [5.41, 5.74) is 0. The number of nitrogens with one attached hydrogen (secondary N) is 1. The fraction of sp³-hybridized carbons (Fsp3) is 0.700. The third kappa shape index (κ3) is 4.06. The van der Waals surface area contributed by atoms with E-state index in [9.17, 15) is 4.79 Å². The van der Waals surface area contributed by atoms with Crippen molar-refractivity contribution in [2.24, 2.45) is 5.92 Å². The van der Waals surface area contributed by atoms with Crippen LogP contribution in [-0.4, -0.2) is 22.0 Å². The third-order valence-electron chi connectivity index (χ3n) is 2.15. The van der Waals surface area contributed by atoms with Gasteiger partial charge in [-0.25, -0.2) is 0 Å². The van der Waals surface area contributed by atoms with Crippen LogP contribution in [0.3, 0.4) is 0 Å². The molecule has 4 nitrogen and oxygen atoms in total. The number of aryl methyl sites for hydroxylation is 1. The lowest BCUT2D eigenvalue weighted by molar-refractivity contribution is -0.119. The molecular weight excluding hydrogens is 246 g/mol. The second-order valence-corrected chi connectivity index (χ2v) is 5.06. The first-order valence-corrected chi connectivity index (χ1v) is 6.71. The summed E-state index contributed by atoms with van der Waals surface area (Å²) in [5, 5.41) is 12.2. The standard InChI is InChI=1S/C10H16ClN3OS/c1-3-4-8-13-14-10(16-8)12-9(15)7(2)5-6-11/h7H,3-6H2,1-2H3,(H,12,14,15). The van der Waals surface area contributed by atoms with Crippen molar-refractivity contribution < 1.29 is 4.79 Å². The summed E-state index contributed by atoms with van der Waals surface area (Å²) in [4.78, 5) is 11.6. The molecule has 1 rings (SSSR count). The van der Waals surface area contributed by atoms with Gasteiger partial charge in [-0.1, -0.05) is 25.2 Å². The molecule has 1 heterocycles. The molecular formula is C10H16ClN3OS. The van der Waals surface area contributed by atoms with Crippen LogP contribution in [0.1, 0.15) is 31.7 Å². The van der Waals surface area contributed by atoms with Gasteiger partial charge in [0.25, 0.3) is 0 Å². The maximum atomic E-state index is 11.6. The Labute approximate surface area is 104 Å². The summed E-state index contributed by atoms with van der Waals surface area (Å²) >= 11 is 7.02. The van der Waals surface area contributed by atoms with Crippen molar-refractivity contribution in [1.29, 1.82) is 0 Å². The van der Waals surface area contributed by atoms with E-state index < -0.39 is 0 Å². The molecule has 0 aliphatic carbocycles. The second kappa shape index (κ2) is 6.81. The van der Waals surface area contributed by atoms with Crippen molar-refractivity contribution in [2.75, 3.05) is 11.2 Å². The van der Waals surface area contributed by atoms with Gasteiger partial charge in [0, 0.05) is 18.2 Å². The van der Waals surface area contributed by atoms with E-state index in [0.717, 1.165) is 17.8 Å². The monoisotopic (exact) mass is 261 g/mol. The second-order valence-electron chi connectivity index (χ2n) is 3.62. The average molecular weight is 262 g/mol. The van der Waals surface area contributed by atoms with Crippen LogP contribution in [-0.2, 0) is 11.2 Å². The first-order chi connectivity index (χ1) is 7.67. The van der Waals surface area contributed by atoms with Gasteiger partial charge >= 0.3 is 0 Å². The van der Waals surface area contributed by atoms with Crippen LogP contribution in [0.5, 0.6) is 0 Å². The van der Waals surface area contributed by atoms with Crippen LogP contribution in [0, 0.1) is 5.92 Å². The molecule has 1 unspecified atom stereocenters. The summed E-state index contributed by atoms with van der Waals surface area (Å²) in [7, 11) is 0. The highest BCUT2D eigenvalue weighted by Gasteiger charge is 2.14. The summed E-state index contributed by atoms with van der Waals surface area (Å²) in [6.07, 6.45) is 2.62. The molecule has 90 valence electrons. The van der Waals surface area contributed by atoms with Crippen LogP contribution < -0.4 is 5.32 Å². The molecule has 0 aromatic carbocycles. The Kier molecular flexibility index (Phi) is 5.69. The van der Waals surface area contributed by atoms with Gasteiger partial charge in [0.15, 0.2) is 0 Å². The molecule has 1 N–H and O–H groups in total. The zero-order valence-electron chi connectivity index (χ0n) is 9.49. The van der Waals surface area contributed by atoms with Crippen molar-refractivity contribution in [3.63, 3.8) is 0 Å². The largest absolute Gasteiger partial charge is 0.300 e. The number of alkyl halides is 1. The lowest BCUT2D eigenvalue weighted by Crippen LogP contribution is -2.20. The van der Waals surface area contributed by atoms with Crippen LogP contribution >= 0.6 is 22.9 Å². The topological polar surface area (TPSA) is 54.9 Å². The molecule has 0 radical (unpaired) electrons. The maximum absolute atomic E-state index is 11.6. The Balaban J connectivity index is 2.49. The van der Waals surface area contributed by atoms with Crippen LogP contribution in [0.15, 0.2) is 0 Å². The molecule has 0 saturated carbocycles. The SMILES string of the molecule is CCCc1nnc(NC(=O)C(C)CCCl)s1. The summed E-state index contributed by atoms with van der Waals surface area (Å²) in [6, 6.07) is 0. The molecule has 6 heteroatoms. The Morgan fingerprint density at radius 1 is 1.56 bits per heavy atom. The molecule has 1 aromatic rings. The number of nitrogens with zero attached hydrogens (tertiary/aromatic N) is 2. The molecule has 1 amide bonds. The Hall–Kier alpha value is -0.680. The number of aromatic nitrogens is 2. The normalized spacial score (nSPS) is 12.4. The van der Waals surface area contributed by atoms with Crippen LogP contribution in [0.2, 0.25) is 0 Å². The molecule has 0 saturated heterocycles. The van der Waals surface area contributed by atoms with Gasteiger partial charge in [-0.3, -0.25) is 4.79 Å². The van der Waals surface area contributed by atoms with E-state index in [1.165, 1.54) is 11.3 Å². The minimum atomic E-state index is -0.0870. The van der Waals surface area contributed by atoms with Gasteiger partial charge in [-0.15, -0.1) is 21.8 Å². The van der Waals surface area contributed by atoms with Crippen molar-refractivity contribution in [3.8, 4) is 0 Å². The summed E-state index contributed by atoms with van der Waals surface area (Å²) < 4.78 is 0. The smallest absolute Gasteiger partial charge is 0.229 e. The fourth-order valence-electron chi connectivity index (χ4n) is 1.14. The lowest BCUT2D eigenvalue weighted by Gasteiger charge is -2.07. The van der Waals surface area contributed by atoms with E-state index in [-0.39, 0.29) is 11.8 Å². The van der Waals surface area contributed by atoms with E-state index in [4.69, 9.17) is 11.6 Å². The highest BCUT2D eigenvalue weighted by molar-refractivity contribution is 7.15. The molecule has 0 spiro atoms. The van der Waals surface area contributed by atoms with E-state index in [1.807, 2.05) is 6.92 Å². The number of carbonyl (C=O) groups is 1. The van der Waals surface area contributed by atoms with E-state index >= 15 is 0 Å². The van der Waals surface area contributed by atoms with E-state index in [0.29, 0.717) is 17.4 Å². The molecule has 0 aliphatic heterocycles. The summed E-state index contributed by atoms with van der Waals surface area (Å²) in [6.45, 7) is 3.94. The maximum Gasteiger partial charge on any atom is 0.229 e. The van der Waals surface area contributed by atoms with Gasteiger partial charge in [-0.05, 0) is 12.8 Å². The zero-order valence-corrected chi connectivity index (χ0v) is 11.1. The number of halogens is 1. The van der Waals surface area contributed by atoms with Crippen LogP contribution in [0.25, 0.3) is 0 Å². The number of carbonyl (C=O) groups excluding carboxylic acids is 1. The third-order valence-corrected chi connectivity index (χ3v) is 3.27. The highest BCUT2D eigenvalue weighted by atomic mass is 35.5. The molecule has 0 fully saturated rings. The van der Waals surface area contributed by atoms with E-state index in [1.54, 1.807) is 0 Å². The fourth-order valence-corrected chi connectivity index (χ4v) is 2.31. The van der Waals surface area contributed by atoms with E-state index in [2.05, 4.69) is 22.4 Å². The number of hydrogen-bond donors (Lipinski definition) is 1. The number of rotatable bonds is 6. The zero-order chi connectivity index (χ0) is 12.0.